The molecule has 0 spiro atoms. The van der Waals surface area contributed by atoms with Crippen molar-refractivity contribution in [3.05, 3.63) is 23.8 Å². The van der Waals surface area contributed by atoms with Crippen LogP contribution in [0.3, 0.4) is 0 Å². The van der Waals surface area contributed by atoms with Gasteiger partial charge in [0.1, 0.15) is 13.2 Å². The minimum Gasteiger partial charge on any atom is -0.486 e. The van der Waals surface area contributed by atoms with E-state index in [-0.39, 0.29) is 5.56 Å². The Hall–Kier alpha value is -2.90. The maximum absolute atomic E-state index is 12.4. The minimum atomic E-state index is -0.986. The van der Waals surface area contributed by atoms with Crippen molar-refractivity contribution >= 4 is 23.6 Å². The maximum atomic E-state index is 12.4. The summed E-state index contributed by atoms with van der Waals surface area (Å²) in [6.07, 6.45) is 0. The Morgan fingerprint density at radius 3 is 2.38 bits per heavy atom. The number of fused-ring (bicyclic) bond motifs is 1. The average Bonchev–Trinajstić information content (AvgIpc) is 2.77. The molecule has 8 nitrogen and oxygen atoms in total. The van der Waals surface area contributed by atoms with Gasteiger partial charge in [0.25, 0.3) is 0 Å². The number of hydrogen-bond acceptors (Lipinski definition) is 6. The lowest BCUT2D eigenvalue weighted by molar-refractivity contribution is -0.143. The number of amides is 4. The molecule has 2 aliphatic heterocycles. The van der Waals surface area contributed by atoms with Gasteiger partial charge >= 0.3 is 17.8 Å². The van der Waals surface area contributed by atoms with Crippen LogP contribution in [-0.2, 0) is 9.59 Å². The SMILES string of the molecule is CC(C)N1C(=O)C(=O)N(CC(=O)c2ccc3c(c2)OCCO3)C1=O. The molecule has 0 saturated carbocycles. The molecule has 1 fully saturated rings. The van der Waals surface area contributed by atoms with Crippen LogP contribution in [0.4, 0.5) is 4.79 Å². The highest BCUT2D eigenvalue weighted by atomic mass is 16.6. The second kappa shape index (κ2) is 5.95. The van der Waals surface area contributed by atoms with Crippen LogP contribution in [-0.4, -0.2) is 59.2 Å². The molecule has 0 aromatic heterocycles. The standard InChI is InChI=1S/C16H16N2O6/c1-9(2)18-15(21)14(20)17(16(18)22)8-11(19)10-3-4-12-13(7-10)24-6-5-23-12/h3-4,7,9H,5-6,8H2,1-2H3. The van der Waals surface area contributed by atoms with E-state index in [1.807, 2.05) is 0 Å². The predicted octanol–water partition coefficient (Wildman–Crippen LogP) is 0.840. The highest BCUT2D eigenvalue weighted by Gasteiger charge is 2.46. The van der Waals surface area contributed by atoms with Crippen LogP contribution in [0.5, 0.6) is 11.5 Å². The van der Waals surface area contributed by atoms with Gasteiger partial charge in [-0.25, -0.2) is 9.69 Å². The number of hydrogen-bond donors (Lipinski definition) is 0. The van der Waals surface area contributed by atoms with E-state index in [1.54, 1.807) is 19.9 Å². The fourth-order valence-electron chi connectivity index (χ4n) is 2.57. The van der Waals surface area contributed by atoms with Crippen molar-refractivity contribution in [1.82, 2.24) is 9.80 Å². The van der Waals surface area contributed by atoms with Gasteiger partial charge in [0.2, 0.25) is 0 Å². The van der Waals surface area contributed by atoms with Gasteiger partial charge in [-0.3, -0.25) is 19.3 Å². The number of rotatable bonds is 4. The molecular weight excluding hydrogens is 316 g/mol. The van der Waals surface area contributed by atoms with Gasteiger partial charge in [-0.1, -0.05) is 0 Å². The van der Waals surface area contributed by atoms with Crippen LogP contribution in [0.25, 0.3) is 0 Å². The van der Waals surface area contributed by atoms with E-state index in [0.29, 0.717) is 29.6 Å². The zero-order chi connectivity index (χ0) is 17.4. The smallest absolute Gasteiger partial charge is 0.334 e. The number of nitrogens with zero attached hydrogens (tertiary/aromatic N) is 2. The first-order valence-corrected chi connectivity index (χ1v) is 7.52. The lowest BCUT2D eigenvalue weighted by Gasteiger charge is -2.19. The Balaban J connectivity index is 1.79. The molecule has 126 valence electrons. The number of carbonyl (C=O) groups excluding carboxylic acids is 4. The largest absolute Gasteiger partial charge is 0.486 e. The fraction of sp³-hybridized carbons (Fsp3) is 0.375. The third kappa shape index (κ3) is 2.60. The predicted molar refractivity (Wildman–Crippen MR) is 80.9 cm³/mol. The number of ketones is 1. The Labute approximate surface area is 137 Å². The number of Topliss-reactive ketones (excluding diaryl/α,β-unsaturated/α-hetero) is 1. The van der Waals surface area contributed by atoms with Crippen LogP contribution in [0.2, 0.25) is 0 Å². The Morgan fingerprint density at radius 1 is 1.08 bits per heavy atom. The van der Waals surface area contributed by atoms with Gasteiger partial charge in [0, 0.05) is 11.6 Å². The number of urea groups is 1. The summed E-state index contributed by atoms with van der Waals surface area (Å²) in [5.74, 6) is -1.39. The molecule has 0 unspecified atom stereocenters. The van der Waals surface area contributed by atoms with Gasteiger partial charge in [0.05, 0.1) is 6.54 Å². The van der Waals surface area contributed by atoms with E-state index in [1.165, 1.54) is 12.1 Å². The number of imide groups is 2. The second-order valence-corrected chi connectivity index (χ2v) is 5.72. The third-order valence-electron chi connectivity index (χ3n) is 3.77. The molecule has 0 bridgehead atoms. The molecule has 1 aromatic rings. The van der Waals surface area contributed by atoms with Crippen molar-refractivity contribution in [3.8, 4) is 11.5 Å². The Kier molecular flexibility index (Phi) is 3.96. The molecule has 0 radical (unpaired) electrons. The summed E-state index contributed by atoms with van der Waals surface area (Å²) in [5.41, 5.74) is 0.273. The summed E-state index contributed by atoms with van der Waals surface area (Å²) in [7, 11) is 0. The van der Waals surface area contributed by atoms with Crippen LogP contribution >= 0.6 is 0 Å². The van der Waals surface area contributed by atoms with E-state index in [4.69, 9.17) is 9.47 Å². The number of ether oxygens (including phenoxy) is 2. The lowest BCUT2D eigenvalue weighted by Crippen LogP contribution is -2.39. The Bertz CT molecular complexity index is 742. The van der Waals surface area contributed by atoms with E-state index in [9.17, 15) is 19.2 Å². The van der Waals surface area contributed by atoms with Crippen LogP contribution in [0.1, 0.15) is 24.2 Å². The zero-order valence-corrected chi connectivity index (χ0v) is 13.3. The number of benzene rings is 1. The summed E-state index contributed by atoms with van der Waals surface area (Å²) in [4.78, 5) is 49.9. The molecule has 0 aliphatic carbocycles. The molecule has 8 heteroatoms. The van der Waals surface area contributed by atoms with Gasteiger partial charge in [-0.05, 0) is 32.0 Å². The average molecular weight is 332 g/mol. The van der Waals surface area contributed by atoms with E-state index in [0.717, 1.165) is 4.90 Å². The molecule has 2 aliphatic rings. The molecule has 3 rings (SSSR count). The van der Waals surface area contributed by atoms with Crippen LogP contribution < -0.4 is 9.47 Å². The molecule has 1 aromatic carbocycles. The van der Waals surface area contributed by atoms with E-state index < -0.39 is 36.2 Å². The lowest BCUT2D eigenvalue weighted by atomic mass is 10.1. The van der Waals surface area contributed by atoms with E-state index in [2.05, 4.69) is 0 Å². The summed E-state index contributed by atoms with van der Waals surface area (Å²) in [6.45, 7) is 3.56. The highest BCUT2D eigenvalue weighted by Crippen LogP contribution is 2.31. The van der Waals surface area contributed by atoms with E-state index >= 15 is 0 Å². The zero-order valence-electron chi connectivity index (χ0n) is 13.3. The molecule has 4 amide bonds. The molecule has 0 N–H and O–H groups in total. The van der Waals surface area contributed by atoms with Crippen molar-refractivity contribution < 1.29 is 28.7 Å². The topological polar surface area (TPSA) is 93.2 Å². The molecule has 24 heavy (non-hydrogen) atoms. The number of carbonyl (C=O) groups is 4. The maximum Gasteiger partial charge on any atom is 0.334 e. The third-order valence-corrected chi connectivity index (χ3v) is 3.77. The Morgan fingerprint density at radius 2 is 1.75 bits per heavy atom. The normalized spacial score (nSPS) is 17.0. The quantitative estimate of drug-likeness (QED) is 0.461. The minimum absolute atomic E-state index is 0.273. The monoisotopic (exact) mass is 332 g/mol. The summed E-state index contributed by atoms with van der Waals surface area (Å²) >= 11 is 0. The first-order chi connectivity index (χ1) is 11.4. The van der Waals surface area contributed by atoms with Crippen LogP contribution in [0.15, 0.2) is 18.2 Å². The molecule has 0 atom stereocenters. The van der Waals surface area contributed by atoms with Gasteiger partial charge in [-0.15, -0.1) is 0 Å². The molecular formula is C16H16N2O6. The van der Waals surface area contributed by atoms with Crippen LogP contribution in [0, 0.1) is 0 Å². The molecule has 1 saturated heterocycles. The fourth-order valence-corrected chi connectivity index (χ4v) is 2.57. The summed E-state index contributed by atoms with van der Waals surface area (Å²) < 4.78 is 10.8. The van der Waals surface area contributed by atoms with Crippen molar-refractivity contribution in [2.75, 3.05) is 19.8 Å². The first kappa shape index (κ1) is 16.0. The second-order valence-electron chi connectivity index (χ2n) is 5.72. The highest BCUT2D eigenvalue weighted by molar-refractivity contribution is 6.45. The van der Waals surface area contributed by atoms with Crippen molar-refractivity contribution in [2.45, 2.75) is 19.9 Å². The first-order valence-electron chi connectivity index (χ1n) is 7.52. The van der Waals surface area contributed by atoms with Gasteiger partial charge in [-0.2, -0.15) is 0 Å². The van der Waals surface area contributed by atoms with Crippen molar-refractivity contribution in [3.63, 3.8) is 0 Å². The van der Waals surface area contributed by atoms with Gasteiger partial charge < -0.3 is 9.47 Å². The summed E-state index contributed by atoms with van der Waals surface area (Å²) in [6, 6.07) is 3.41. The molecule has 2 heterocycles. The van der Waals surface area contributed by atoms with Crippen molar-refractivity contribution in [1.29, 1.82) is 0 Å². The summed E-state index contributed by atoms with van der Waals surface area (Å²) in [5, 5.41) is 0. The van der Waals surface area contributed by atoms with Gasteiger partial charge in [0.15, 0.2) is 17.3 Å². The van der Waals surface area contributed by atoms with Crippen molar-refractivity contribution in [2.24, 2.45) is 0 Å².